The van der Waals surface area contributed by atoms with Gasteiger partial charge in [0.15, 0.2) is 5.76 Å². The third-order valence-electron chi connectivity index (χ3n) is 4.49. The molecule has 5 nitrogen and oxygen atoms in total. The van der Waals surface area contributed by atoms with Crippen molar-refractivity contribution >= 4 is 11.6 Å². The molecule has 0 radical (unpaired) electrons. The number of nitrogens with zero attached hydrogens (tertiary/aromatic N) is 4. The van der Waals surface area contributed by atoms with Crippen LogP contribution >= 0.6 is 11.6 Å². The van der Waals surface area contributed by atoms with E-state index in [0.29, 0.717) is 12.6 Å². The minimum Gasteiger partial charge on any atom is -0.439 e. The molecule has 0 bridgehead atoms. The minimum atomic E-state index is 0.393. The predicted molar refractivity (Wildman–Crippen MR) is 92.5 cm³/mol. The highest BCUT2D eigenvalue weighted by Crippen LogP contribution is 2.33. The van der Waals surface area contributed by atoms with Gasteiger partial charge in [0, 0.05) is 35.4 Å². The van der Waals surface area contributed by atoms with Crippen LogP contribution in [0.25, 0.3) is 11.3 Å². The highest BCUT2D eigenvalue weighted by Gasteiger charge is 2.28. The molecule has 0 N–H and O–H groups in total. The summed E-state index contributed by atoms with van der Waals surface area (Å²) in [5.74, 6) is 1.52. The summed E-state index contributed by atoms with van der Waals surface area (Å²) in [6, 6.07) is 8.00. The first kappa shape index (κ1) is 15.4. The van der Waals surface area contributed by atoms with Gasteiger partial charge in [0.05, 0.1) is 18.9 Å². The van der Waals surface area contributed by atoms with Crippen LogP contribution in [-0.4, -0.2) is 26.2 Å². The first-order valence-electron chi connectivity index (χ1n) is 8.12. The van der Waals surface area contributed by atoms with Gasteiger partial charge in [-0.2, -0.15) is 5.10 Å². The number of oxazole rings is 1. The molecule has 1 aromatic carbocycles. The summed E-state index contributed by atoms with van der Waals surface area (Å²) in [4.78, 5) is 6.86. The van der Waals surface area contributed by atoms with Crippen LogP contribution in [0.15, 0.2) is 47.3 Å². The number of benzene rings is 1. The molecule has 1 aliphatic rings. The molecule has 1 saturated heterocycles. The van der Waals surface area contributed by atoms with Gasteiger partial charge in [0.1, 0.15) is 0 Å². The molecule has 1 aliphatic heterocycles. The summed E-state index contributed by atoms with van der Waals surface area (Å²) in [7, 11) is 1.95. The van der Waals surface area contributed by atoms with E-state index in [1.807, 2.05) is 42.2 Å². The van der Waals surface area contributed by atoms with Crippen molar-refractivity contribution in [3.8, 4) is 11.3 Å². The number of halogens is 1. The van der Waals surface area contributed by atoms with Crippen molar-refractivity contribution in [2.45, 2.75) is 25.4 Å². The van der Waals surface area contributed by atoms with E-state index in [-0.39, 0.29) is 0 Å². The molecular weight excluding hydrogens is 324 g/mol. The van der Waals surface area contributed by atoms with Gasteiger partial charge in [0.25, 0.3) is 0 Å². The zero-order chi connectivity index (χ0) is 16.5. The van der Waals surface area contributed by atoms with E-state index in [1.54, 1.807) is 6.20 Å². The third kappa shape index (κ3) is 3.09. The van der Waals surface area contributed by atoms with Crippen LogP contribution < -0.4 is 0 Å². The molecule has 24 heavy (non-hydrogen) atoms. The monoisotopic (exact) mass is 342 g/mol. The lowest BCUT2D eigenvalue weighted by Gasteiger charge is -2.21. The summed E-state index contributed by atoms with van der Waals surface area (Å²) in [5, 5.41) is 5.01. The van der Waals surface area contributed by atoms with Crippen LogP contribution in [0.3, 0.4) is 0 Å². The molecule has 124 valence electrons. The van der Waals surface area contributed by atoms with Crippen molar-refractivity contribution in [3.05, 3.63) is 59.3 Å². The number of likely N-dealkylation sites (tertiary alicyclic amines) is 1. The fourth-order valence-corrected chi connectivity index (χ4v) is 3.44. The molecule has 0 spiro atoms. The van der Waals surface area contributed by atoms with E-state index in [4.69, 9.17) is 16.0 Å². The number of aryl methyl sites for hydroxylation is 1. The number of rotatable bonds is 4. The second kappa shape index (κ2) is 6.42. The van der Waals surface area contributed by atoms with Crippen molar-refractivity contribution in [1.82, 2.24) is 19.7 Å². The van der Waals surface area contributed by atoms with Crippen LogP contribution in [0.4, 0.5) is 0 Å². The summed E-state index contributed by atoms with van der Waals surface area (Å²) >= 11 is 5.93. The van der Waals surface area contributed by atoms with Gasteiger partial charge in [-0.25, -0.2) is 4.98 Å². The Morgan fingerprint density at radius 3 is 2.83 bits per heavy atom. The smallest absolute Gasteiger partial charge is 0.209 e. The van der Waals surface area contributed by atoms with Gasteiger partial charge in [-0.3, -0.25) is 9.58 Å². The van der Waals surface area contributed by atoms with Crippen LogP contribution in [0.5, 0.6) is 0 Å². The molecule has 0 amide bonds. The average Bonchev–Trinajstić information content (AvgIpc) is 3.30. The fraction of sp³-hybridized carbons (Fsp3) is 0.333. The van der Waals surface area contributed by atoms with Crippen molar-refractivity contribution < 1.29 is 4.42 Å². The Labute approximate surface area is 145 Å². The van der Waals surface area contributed by atoms with E-state index in [0.717, 1.165) is 35.2 Å². The third-order valence-corrected chi connectivity index (χ3v) is 4.75. The Balaban J connectivity index is 1.50. The first-order chi connectivity index (χ1) is 11.7. The molecule has 0 saturated carbocycles. The van der Waals surface area contributed by atoms with E-state index < -0.39 is 0 Å². The molecule has 1 fully saturated rings. The maximum atomic E-state index is 5.94. The quantitative estimate of drug-likeness (QED) is 0.717. The van der Waals surface area contributed by atoms with Crippen LogP contribution in [0.2, 0.25) is 5.02 Å². The Morgan fingerprint density at radius 2 is 2.08 bits per heavy atom. The summed E-state index contributed by atoms with van der Waals surface area (Å²) in [6.07, 6.45) is 8.17. The minimum absolute atomic E-state index is 0.393. The molecule has 4 rings (SSSR count). The Bertz CT molecular complexity index is 824. The van der Waals surface area contributed by atoms with Crippen molar-refractivity contribution in [1.29, 1.82) is 0 Å². The number of hydrogen-bond donors (Lipinski definition) is 0. The lowest BCUT2D eigenvalue weighted by atomic mass is 10.1. The van der Waals surface area contributed by atoms with Crippen molar-refractivity contribution in [3.63, 3.8) is 0 Å². The zero-order valence-electron chi connectivity index (χ0n) is 13.5. The van der Waals surface area contributed by atoms with Gasteiger partial charge in [-0.05, 0) is 43.7 Å². The van der Waals surface area contributed by atoms with Gasteiger partial charge in [0.2, 0.25) is 5.89 Å². The molecule has 6 heteroatoms. The second-order valence-corrected chi connectivity index (χ2v) is 6.64. The van der Waals surface area contributed by atoms with Crippen molar-refractivity contribution in [2.75, 3.05) is 6.54 Å². The average molecular weight is 343 g/mol. The Hall–Kier alpha value is -2.11. The van der Waals surface area contributed by atoms with Gasteiger partial charge < -0.3 is 4.42 Å². The highest BCUT2D eigenvalue weighted by molar-refractivity contribution is 6.30. The SMILES string of the molecule is Cn1cc(C2CCCN2Cc2ncc(-c3ccc(Cl)cc3)o2)cn1. The molecular formula is C18H19ClN4O. The van der Waals surface area contributed by atoms with Crippen LogP contribution in [0, 0.1) is 0 Å². The molecule has 2 aromatic heterocycles. The topological polar surface area (TPSA) is 47.1 Å². The zero-order valence-corrected chi connectivity index (χ0v) is 14.3. The van der Waals surface area contributed by atoms with Gasteiger partial charge in [-0.15, -0.1) is 0 Å². The van der Waals surface area contributed by atoms with E-state index in [2.05, 4.69) is 21.2 Å². The number of hydrogen-bond acceptors (Lipinski definition) is 4. The lowest BCUT2D eigenvalue weighted by Crippen LogP contribution is -2.22. The normalized spacial score (nSPS) is 18.3. The van der Waals surface area contributed by atoms with Crippen LogP contribution in [0.1, 0.15) is 30.3 Å². The van der Waals surface area contributed by atoms with E-state index in [9.17, 15) is 0 Å². The van der Waals surface area contributed by atoms with Crippen molar-refractivity contribution in [2.24, 2.45) is 7.05 Å². The largest absolute Gasteiger partial charge is 0.439 e. The molecule has 3 heterocycles. The standard InChI is InChI=1S/C18H19ClN4O/c1-22-11-14(9-21-22)16-3-2-8-23(16)12-18-20-10-17(24-18)13-4-6-15(19)7-5-13/h4-7,9-11,16H,2-3,8,12H2,1H3. The summed E-state index contributed by atoms with van der Waals surface area (Å²) in [6.45, 7) is 1.77. The first-order valence-corrected chi connectivity index (χ1v) is 8.50. The Kier molecular flexibility index (Phi) is 4.12. The molecule has 1 atom stereocenters. The highest BCUT2D eigenvalue weighted by atomic mass is 35.5. The van der Waals surface area contributed by atoms with E-state index >= 15 is 0 Å². The molecule has 0 aliphatic carbocycles. The maximum absolute atomic E-state index is 5.94. The molecule has 3 aromatic rings. The van der Waals surface area contributed by atoms with Gasteiger partial charge in [-0.1, -0.05) is 11.6 Å². The Morgan fingerprint density at radius 1 is 1.25 bits per heavy atom. The molecule has 1 unspecified atom stereocenters. The second-order valence-electron chi connectivity index (χ2n) is 6.20. The van der Waals surface area contributed by atoms with Crippen LogP contribution in [-0.2, 0) is 13.6 Å². The van der Waals surface area contributed by atoms with E-state index in [1.165, 1.54) is 12.0 Å². The summed E-state index contributed by atoms with van der Waals surface area (Å²) in [5.41, 5.74) is 2.25. The predicted octanol–water partition coefficient (Wildman–Crippen LogP) is 4.07. The fourth-order valence-electron chi connectivity index (χ4n) is 3.31. The summed E-state index contributed by atoms with van der Waals surface area (Å²) < 4.78 is 7.80. The maximum Gasteiger partial charge on any atom is 0.209 e. The lowest BCUT2D eigenvalue weighted by molar-refractivity contribution is 0.224. The number of aromatic nitrogens is 3. The van der Waals surface area contributed by atoms with Gasteiger partial charge >= 0.3 is 0 Å².